The molecule has 0 aromatic rings. The van der Waals surface area contributed by atoms with Crippen LogP contribution in [0.3, 0.4) is 0 Å². The molecule has 0 heterocycles. The maximum absolute atomic E-state index is 11.7. The molecule has 0 spiro atoms. The molecule has 0 aromatic heterocycles. The molecule has 0 bridgehead atoms. The van der Waals surface area contributed by atoms with Crippen molar-refractivity contribution in [2.45, 2.75) is 43.9 Å². The van der Waals surface area contributed by atoms with E-state index in [9.17, 15) is 9.59 Å². The molecule has 0 saturated heterocycles. The van der Waals surface area contributed by atoms with E-state index in [-0.39, 0.29) is 17.8 Å². The Morgan fingerprint density at radius 2 is 1.89 bits per heavy atom. The van der Waals surface area contributed by atoms with Gasteiger partial charge >= 0.3 is 12.0 Å². The van der Waals surface area contributed by atoms with Crippen molar-refractivity contribution in [1.82, 2.24) is 10.6 Å². The van der Waals surface area contributed by atoms with Crippen molar-refractivity contribution in [3.05, 3.63) is 0 Å². The van der Waals surface area contributed by atoms with Crippen molar-refractivity contribution >= 4 is 23.8 Å². The number of rotatable bonds is 9. The third kappa shape index (κ3) is 6.15. The van der Waals surface area contributed by atoms with Crippen LogP contribution in [0.5, 0.6) is 0 Å². The maximum atomic E-state index is 11.7. The number of carboxylic acid groups (broad SMARTS) is 1. The van der Waals surface area contributed by atoms with Gasteiger partial charge in [0.1, 0.15) is 6.04 Å². The molecule has 0 aromatic carbocycles. The van der Waals surface area contributed by atoms with E-state index in [2.05, 4.69) is 24.5 Å². The Bertz CT molecular complexity index is 287. The van der Waals surface area contributed by atoms with Gasteiger partial charge in [0.15, 0.2) is 0 Å². The summed E-state index contributed by atoms with van der Waals surface area (Å²) in [6.07, 6.45) is 3.84. The third-order valence-corrected chi connectivity index (χ3v) is 4.90. The van der Waals surface area contributed by atoms with Gasteiger partial charge in [0.05, 0.1) is 0 Å². The number of aliphatic hydroxyl groups excluding tert-OH is 1. The molecule has 0 rings (SSSR count). The van der Waals surface area contributed by atoms with Gasteiger partial charge in [-0.1, -0.05) is 13.8 Å². The molecular weight excluding hydrogens is 268 g/mol. The highest BCUT2D eigenvalue weighted by molar-refractivity contribution is 8.00. The quantitative estimate of drug-likeness (QED) is 0.509. The van der Waals surface area contributed by atoms with Gasteiger partial charge in [-0.15, -0.1) is 0 Å². The minimum absolute atomic E-state index is 0.00200. The van der Waals surface area contributed by atoms with E-state index in [4.69, 9.17) is 10.2 Å². The SMILES string of the molecule is CCC(CC)(CNC(=O)NC(CCO)C(=O)O)SC. The van der Waals surface area contributed by atoms with Gasteiger partial charge in [0, 0.05) is 24.3 Å². The number of aliphatic hydroxyl groups is 1. The summed E-state index contributed by atoms with van der Waals surface area (Å²) in [7, 11) is 0. The Balaban J connectivity index is 4.33. The third-order valence-electron chi connectivity index (χ3n) is 3.31. The lowest BCUT2D eigenvalue weighted by Gasteiger charge is -2.30. The molecule has 19 heavy (non-hydrogen) atoms. The fraction of sp³-hybridized carbons (Fsp3) is 0.833. The molecule has 6 nitrogen and oxygen atoms in total. The lowest BCUT2D eigenvalue weighted by atomic mass is 10.0. The summed E-state index contributed by atoms with van der Waals surface area (Å²) in [6, 6.07) is -1.57. The minimum atomic E-state index is -1.15. The molecule has 7 heteroatoms. The van der Waals surface area contributed by atoms with Gasteiger partial charge in [-0.2, -0.15) is 11.8 Å². The number of amides is 2. The van der Waals surface area contributed by atoms with Crippen LogP contribution in [-0.2, 0) is 4.79 Å². The van der Waals surface area contributed by atoms with Crippen LogP contribution in [0.15, 0.2) is 0 Å². The highest BCUT2D eigenvalue weighted by atomic mass is 32.2. The molecular formula is C12H24N2O4S. The molecule has 4 N–H and O–H groups in total. The largest absolute Gasteiger partial charge is 0.480 e. The Hall–Kier alpha value is -0.950. The normalized spacial score (nSPS) is 12.8. The molecule has 112 valence electrons. The van der Waals surface area contributed by atoms with E-state index in [1.54, 1.807) is 11.8 Å². The molecule has 1 atom stereocenters. The number of hydrogen-bond donors (Lipinski definition) is 4. The standard InChI is InChI=1S/C12H24N2O4S/c1-4-12(5-2,19-3)8-13-11(18)14-9(6-7-15)10(16)17/h9,15H,4-8H2,1-3H3,(H,16,17)(H2,13,14,18). The van der Waals surface area contributed by atoms with E-state index in [1.807, 2.05) is 6.26 Å². The van der Waals surface area contributed by atoms with E-state index in [0.717, 1.165) is 12.8 Å². The van der Waals surface area contributed by atoms with Crippen molar-refractivity contribution in [2.75, 3.05) is 19.4 Å². The number of nitrogens with one attached hydrogen (secondary N) is 2. The van der Waals surface area contributed by atoms with E-state index in [0.29, 0.717) is 6.54 Å². The van der Waals surface area contributed by atoms with Crippen LogP contribution >= 0.6 is 11.8 Å². The van der Waals surface area contributed by atoms with Gasteiger partial charge in [-0.3, -0.25) is 0 Å². The summed E-state index contributed by atoms with van der Waals surface area (Å²) in [6.45, 7) is 4.32. The molecule has 0 aliphatic heterocycles. The number of carbonyl (C=O) groups is 2. The predicted octanol–water partition coefficient (Wildman–Crippen LogP) is 1.04. The van der Waals surface area contributed by atoms with Crippen molar-refractivity contribution < 1.29 is 19.8 Å². The summed E-state index contributed by atoms with van der Waals surface area (Å²) >= 11 is 1.70. The average molecular weight is 292 g/mol. The summed E-state index contributed by atoms with van der Waals surface area (Å²) < 4.78 is -0.0208. The average Bonchev–Trinajstić information content (AvgIpc) is 2.40. The fourth-order valence-corrected chi connectivity index (χ4v) is 2.49. The molecule has 0 saturated carbocycles. The second kappa shape index (κ2) is 9.03. The topological polar surface area (TPSA) is 98.7 Å². The van der Waals surface area contributed by atoms with Crippen molar-refractivity contribution in [3.63, 3.8) is 0 Å². The van der Waals surface area contributed by atoms with Crippen molar-refractivity contribution in [3.8, 4) is 0 Å². The number of carbonyl (C=O) groups excluding carboxylic acids is 1. The zero-order chi connectivity index (χ0) is 14.9. The van der Waals surface area contributed by atoms with Crippen LogP contribution in [0.4, 0.5) is 4.79 Å². The predicted molar refractivity (Wildman–Crippen MR) is 76.5 cm³/mol. The molecule has 1 unspecified atom stereocenters. The molecule has 0 aliphatic rings. The number of hydrogen-bond acceptors (Lipinski definition) is 4. The molecule has 0 fully saturated rings. The monoisotopic (exact) mass is 292 g/mol. The van der Waals surface area contributed by atoms with E-state index < -0.39 is 18.0 Å². The van der Waals surface area contributed by atoms with Crippen LogP contribution in [0.2, 0.25) is 0 Å². The number of aliphatic carboxylic acids is 1. The van der Waals surface area contributed by atoms with Gasteiger partial charge < -0.3 is 20.8 Å². The van der Waals surface area contributed by atoms with Gasteiger partial charge in [-0.05, 0) is 19.1 Å². The Morgan fingerprint density at radius 3 is 2.26 bits per heavy atom. The molecule has 0 aliphatic carbocycles. The highest BCUT2D eigenvalue weighted by Gasteiger charge is 2.26. The van der Waals surface area contributed by atoms with Crippen molar-refractivity contribution in [1.29, 1.82) is 0 Å². The number of carboxylic acids is 1. The second-order valence-corrected chi connectivity index (χ2v) is 5.60. The molecule has 2 amide bonds. The van der Waals surface area contributed by atoms with Crippen LogP contribution in [0.25, 0.3) is 0 Å². The van der Waals surface area contributed by atoms with Gasteiger partial charge in [-0.25, -0.2) is 9.59 Å². The van der Waals surface area contributed by atoms with Crippen LogP contribution in [0, 0.1) is 0 Å². The van der Waals surface area contributed by atoms with Gasteiger partial charge in [0.25, 0.3) is 0 Å². The van der Waals surface area contributed by atoms with Crippen LogP contribution in [0.1, 0.15) is 33.1 Å². The van der Waals surface area contributed by atoms with E-state index >= 15 is 0 Å². The summed E-state index contributed by atoms with van der Waals surface area (Å²) in [5.74, 6) is -1.15. The number of thioether (sulfide) groups is 1. The smallest absolute Gasteiger partial charge is 0.326 e. The first-order valence-electron chi connectivity index (χ1n) is 6.37. The first kappa shape index (κ1) is 18.0. The van der Waals surface area contributed by atoms with Gasteiger partial charge in [0.2, 0.25) is 0 Å². The first-order chi connectivity index (χ1) is 8.94. The maximum Gasteiger partial charge on any atom is 0.326 e. The Kier molecular flexibility index (Phi) is 8.58. The Morgan fingerprint density at radius 1 is 1.32 bits per heavy atom. The zero-order valence-electron chi connectivity index (χ0n) is 11.7. The molecule has 0 radical (unpaired) electrons. The first-order valence-corrected chi connectivity index (χ1v) is 7.60. The Labute approximate surface area is 118 Å². The van der Waals surface area contributed by atoms with E-state index in [1.165, 1.54) is 0 Å². The lowest BCUT2D eigenvalue weighted by Crippen LogP contribution is -2.49. The van der Waals surface area contributed by atoms with Crippen molar-refractivity contribution in [2.24, 2.45) is 0 Å². The zero-order valence-corrected chi connectivity index (χ0v) is 12.5. The van der Waals surface area contributed by atoms with Crippen LogP contribution in [-0.4, -0.2) is 52.4 Å². The fourth-order valence-electron chi connectivity index (χ4n) is 1.70. The van der Waals surface area contributed by atoms with Crippen LogP contribution < -0.4 is 10.6 Å². The highest BCUT2D eigenvalue weighted by Crippen LogP contribution is 2.29. The number of urea groups is 1. The lowest BCUT2D eigenvalue weighted by molar-refractivity contribution is -0.139. The minimum Gasteiger partial charge on any atom is -0.480 e. The summed E-state index contributed by atoms with van der Waals surface area (Å²) in [4.78, 5) is 22.5. The summed E-state index contributed by atoms with van der Waals surface area (Å²) in [5.41, 5.74) is 0. The second-order valence-electron chi connectivity index (χ2n) is 4.32. The summed E-state index contributed by atoms with van der Waals surface area (Å²) in [5, 5.41) is 22.6.